The Kier molecular flexibility index (Phi) is 3.84. The zero-order valence-corrected chi connectivity index (χ0v) is 13.6. The molecule has 2 aromatic carbocycles. The van der Waals surface area contributed by atoms with Crippen LogP contribution in [0.5, 0.6) is 0 Å². The first-order valence-electron chi connectivity index (χ1n) is 8.22. The number of hydrogen-bond donors (Lipinski definition) is 1. The van der Waals surface area contributed by atoms with Crippen LogP contribution in [0.3, 0.4) is 0 Å². The number of nitrogen functional groups attached to an aromatic ring is 1. The van der Waals surface area contributed by atoms with Crippen molar-refractivity contribution in [1.82, 2.24) is 0 Å². The number of non-ortho nitro benzene ring substituents is 1. The second kappa shape index (κ2) is 5.69. The van der Waals surface area contributed by atoms with Crippen LogP contribution in [-0.2, 0) is 5.41 Å². The highest BCUT2D eigenvalue weighted by atomic mass is 16.6. The maximum atomic E-state index is 11.2. The minimum Gasteiger partial charge on any atom is -0.399 e. The quantitative estimate of drug-likeness (QED) is 0.477. The molecule has 0 aromatic heterocycles. The van der Waals surface area contributed by atoms with Crippen LogP contribution in [0.1, 0.15) is 50.7 Å². The average molecular weight is 310 g/mol. The summed E-state index contributed by atoms with van der Waals surface area (Å²) in [5, 5.41) is 11.2. The van der Waals surface area contributed by atoms with Crippen molar-refractivity contribution in [2.24, 2.45) is 0 Å². The fourth-order valence-corrected chi connectivity index (χ4v) is 4.13. The molecule has 0 saturated heterocycles. The molecule has 2 aromatic rings. The molecule has 1 aliphatic rings. The number of rotatable bonds is 5. The molecule has 3 rings (SSSR count). The molecule has 23 heavy (non-hydrogen) atoms. The fraction of sp³-hybridized carbons (Fsp3) is 0.368. The van der Waals surface area contributed by atoms with Gasteiger partial charge in [0.05, 0.1) is 4.92 Å². The molecule has 0 fully saturated rings. The number of nitrogens with zero attached hydrogens (tertiary/aromatic N) is 1. The van der Waals surface area contributed by atoms with E-state index in [0.717, 1.165) is 42.5 Å². The van der Waals surface area contributed by atoms with Crippen LogP contribution < -0.4 is 5.73 Å². The monoisotopic (exact) mass is 310 g/mol. The minimum atomic E-state index is -0.305. The van der Waals surface area contributed by atoms with Gasteiger partial charge in [0, 0.05) is 23.2 Å². The van der Waals surface area contributed by atoms with Crippen molar-refractivity contribution in [3.05, 3.63) is 57.6 Å². The molecular formula is C19H22N2O2. The van der Waals surface area contributed by atoms with E-state index < -0.39 is 0 Å². The summed E-state index contributed by atoms with van der Waals surface area (Å²) in [6, 6.07) is 11.3. The van der Waals surface area contributed by atoms with Crippen molar-refractivity contribution in [1.29, 1.82) is 0 Å². The van der Waals surface area contributed by atoms with Crippen molar-refractivity contribution in [3.63, 3.8) is 0 Å². The Morgan fingerprint density at radius 2 is 1.57 bits per heavy atom. The number of hydrogen-bond acceptors (Lipinski definition) is 3. The van der Waals surface area contributed by atoms with Crippen molar-refractivity contribution in [2.45, 2.75) is 44.9 Å². The number of nitro benzene ring substituents is 1. The largest absolute Gasteiger partial charge is 0.399 e. The Morgan fingerprint density at radius 3 is 2.13 bits per heavy atom. The van der Waals surface area contributed by atoms with Crippen LogP contribution in [0.15, 0.2) is 36.4 Å². The van der Waals surface area contributed by atoms with Crippen molar-refractivity contribution in [3.8, 4) is 11.1 Å². The third-order valence-corrected chi connectivity index (χ3v) is 4.93. The number of nitrogens with two attached hydrogens (primary N) is 1. The summed E-state index contributed by atoms with van der Waals surface area (Å²) in [6.07, 6.45) is 4.00. The summed E-state index contributed by atoms with van der Waals surface area (Å²) in [5.41, 5.74) is 11.4. The van der Waals surface area contributed by atoms with Crippen LogP contribution >= 0.6 is 0 Å². The summed E-state index contributed by atoms with van der Waals surface area (Å²) in [5.74, 6) is 0. The first-order valence-corrected chi connectivity index (χ1v) is 8.22. The molecule has 0 bridgehead atoms. The number of nitro groups is 1. The van der Waals surface area contributed by atoms with Gasteiger partial charge in [-0.15, -0.1) is 0 Å². The molecule has 1 aliphatic carbocycles. The summed E-state index contributed by atoms with van der Waals surface area (Å²) in [4.78, 5) is 10.9. The lowest BCUT2D eigenvalue weighted by Crippen LogP contribution is -2.25. The molecular weight excluding hydrogens is 288 g/mol. The molecule has 4 nitrogen and oxygen atoms in total. The highest BCUT2D eigenvalue weighted by Gasteiger charge is 2.42. The minimum absolute atomic E-state index is 0.157. The van der Waals surface area contributed by atoms with Gasteiger partial charge in [0.1, 0.15) is 0 Å². The highest BCUT2D eigenvalue weighted by Crippen LogP contribution is 2.54. The van der Waals surface area contributed by atoms with E-state index in [9.17, 15) is 10.1 Å². The van der Waals surface area contributed by atoms with E-state index in [1.165, 1.54) is 11.1 Å². The van der Waals surface area contributed by atoms with Crippen LogP contribution in [0.2, 0.25) is 0 Å². The summed E-state index contributed by atoms with van der Waals surface area (Å²) in [7, 11) is 0. The lowest BCUT2D eigenvalue weighted by molar-refractivity contribution is -0.384. The molecule has 0 unspecified atom stereocenters. The Bertz CT molecular complexity index is 762. The molecule has 0 atom stereocenters. The van der Waals surface area contributed by atoms with Gasteiger partial charge in [0.2, 0.25) is 0 Å². The molecule has 2 N–H and O–H groups in total. The van der Waals surface area contributed by atoms with Gasteiger partial charge in [0.25, 0.3) is 5.69 Å². The third kappa shape index (κ3) is 2.29. The zero-order chi connectivity index (χ0) is 16.6. The first kappa shape index (κ1) is 15.5. The van der Waals surface area contributed by atoms with E-state index in [2.05, 4.69) is 26.0 Å². The van der Waals surface area contributed by atoms with Crippen molar-refractivity contribution in [2.75, 3.05) is 5.73 Å². The molecule has 0 aliphatic heterocycles. The van der Waals surface area contributed by atoms with Gasteiger partial charge in [-0.3, -0.25) is 10.1 Å². The SMILES string of the molecule is CCCC1(CCC)c2cc(N)ccc2-c2ccc([N+](=O)[O-])cc21. The van der Waals surface area contributed by atoms with Gasteiger partial charge in [-0.2, -0.15) is 0 Å². The maximum Gasteiger partial charge on any atom is 0.269 e. The van der Waals surface area contributed by atoms with Crippen molar-refractivity contribution < 1.29 is 4.92 Å². The molecule has 0 spiro atoms. The second-order valence-corrected chi connectivity index (χ2v) is 6.37. The molecule has 120 valence electrons. The Labute approximate surface area is 136 Å². The lowest BCUT2D eigenvalue weighted by Gasteiger charge is -2.31. The van der Waals surface area contributed by atoms with Gasteiger partial charge < -0.3 is 5.73 Å². The van der Waals surface area contributed by atoms with E-state index in [1.807, 2.05) is 12.1 Å². The number of benzene rings is 2. The number of anilines is 1. The number of fused-ring (bicyclic) bond motifs is 3. The van der Waals surface area contributed by atoms with Gasteiger partial charge in [-0.25, -0.2) is 0 Å². The predicted molar refractivity (Wildman–Crippen MR) is 93.5 cm³/mol. The standard InChI is InChI=1S/C19H22N2O2/c1-3-9-19(10-4-2)17-11-13(20)5-7-15(17)16-8-6-14(21(22)23)12-18(16)19/h5-8,11-12H,3-4,9-10,20H2,1-2H3. The van der Waals surface area contributed by atoms with E-state index in [0.29, 0.717) is 0 Å². The Morgan fingerprint density at radius 1 is 1.00 bits per heavy atom. The van der Waals surface area contributed by atoms with Gasteiger partial charge in [-0.05, 0) is 53.3 Å². The Hall–Kier alpha value is -2.36. The third-order valence-electron chi connectivity index (χ3n) is 4.93. The van der Waals surface area contributed by atoms with E-state index in [4.69, 9.17) is 5.73 Å². The molecule has 0 radical (unpaired) electrons. The highest BCUT2D eigenvalue weighted by molar-refractivity contribution is 5.83. The van der Waals surface area contributed by atoms with Crippen molar-refractivity contribution >= 4 is 11.4 Å². The lowest BCUT2D eigenvalue weighted by atomic mass is 9.71. The first-order chi connectivity index (χ1) is 11.0. The molecule has 0 amide bonds. The van der Waals surface area contributed by atoms with E-state index in [1.54, 1.807) is 12.1 Å². The normalized spacial score (nSPS) is 14.3. The van der Waals surface area contributed by atoms with E-state index in [-0.39, 0.29) is 16.0 Å². The second-order valence-electron chi connectivity index (χ2n) is 6.37. The van der Waals surface area contributed by atoms with Gasteiger partial charge in [0.15, 0.2) is 0 Å². The van der Waals surface area contributed by atoms with Crippen LogP contribution in [-0.4, -0.2) is 4.92 Å². The summed E-state index contributed by atoms with van der Waals surface area (Å²) < 4.78 is 0. The molecule has 4 heteroatoms. The van der Waals surface area contributed by atoms with Crippen LogP contribution in [0, 0.1) is 10.1 Å². The topological polar surface area (TPSA) is 69.2 Å². The zero-order valence-electron chi connectivity index (χ0n) is 13.6. The van der Waals surface area contributed by atoms with Gasteiger partial charge in [-0.1, -0.05) is 32.8 Å². The van der Waals surface area contributed by atoms with E-state index >= 15 is 0 Å². The summed E-state index contributed by atoms with van der Waals surface area (Å²) in [6.45, 7) is 4.33. The fourth-order valence-electron chi connectivity index (χ4n) is 4.13. The smallest absolute Gasteiger partial charge is 0.269 e. The van der Waals surface area contributed by atoms with Crippen LogP contribution in [0.4, 0.5) is 11.4 Å². The van der Waals surface area contributed by atoms with Gasteiger partial charge >= 0.3 is 0 Å². The molecule has 0 saturated carbocycles. The summed E-state index contributed by atoms with van der Waals surface area (Å²) >= 11 is 0. The van der Waals surface area contributed by atoms with Crippen LogP contribution in [0.25, 0.3) is 11.1 Å². The Balaban J connectivity index is 2.32. The maximum absolute atomic E-state index is 11.2. The average Bonchev–Trinajstić information content (AvgIpc) is 2.78. The predicted octanol–water partition coefficient (Wildman–Crippen LogP) is 5.04. The molecule has 0 heterocycles.